The molecule has 1 fully saturated rings. The second-order valence-corrected chi connectivity index (χ2v) is 10.2. The van der Waals surface area contributed by atoms with Crippen LogP contribution in [0.15, 0.2) is 21.8 Å². The molecule has 7 N–H and O–H groups in total. The van der Waals surface area contributed by atoms with Gasteiger partial charge in [-0.15, -0.1) is 0 Å². The van der Waals surface area contributed by atoms with Crippen molar-refractivity contribution in [1.29, 1.82) is 0 Å². The van der Waals surface area contributed by atoms with E-state index in [0.717, 1.165) is 6.92 Å². The smallest absolute Gasteiger partial charge is 0.387 e. The predicted octanol–water partition coefficient (Wildman–Crippen LogP) is -2.11. The molecule has 0 saturated carbocycles. The van der Waals surface area contributed by atoms with Crippen LogP contribution in [0.25, 0.3) is 0 Å². The molecule has 1 aliphatic rings. The first-order chi connectivity index (χ1) is 14.6. The number of aliphatic hydroxyl groups is 2. The molecule has 1 aliphatic heterocycles. The van der Waals surface area contributed by atoms with E-state index in [9.17, 15) is 38.4 Å². The summed E-state index contributed by atoms with van der Waals surface area (Å²) in [6.45, 7) is -2.81. The van der Waals surface area contributed by atoms with Gasteiger partial charge in [-0.2, -0.15) is 8.62 Å². The largest absolute Gasteiger partial charge is 0.490 e. The summed E-state index contributed by atoms with van der Waals surface area (Å²) in [4.78, 5) is 60.7. The van der Waals surface area contributed by atoms with Crippen LogP contribution in [0.3, 0.4) is 0 Å². The summed E-state index contributed by atoms with van der Waals surface area (Å²) in [6, 6.07) is -0.789. The second-order valence-electron chi connectivity index (χ2n) is 5.82. The summed E-state index contributed by atoms with van der Waals surface area (Å²) in [7, 11) is -17.7. The van der Waals surface area contributed by atoms with E-state index in [1.807, 2.05) is 0 Å². The molecule has 0 aromatic carbocycles. The molecule has 0 aliphatic carbocycles. The summed E-state index contributed by atoms with van der Waals surface area (Å²) < 4.78 is 73.3. The fraction of sp³-hybridized carbons (Fsp3) is 0.600. The van der Waals surface area contributed by atoms with Crippen LogP contribution in [0.4, 0.5) is 0 Å². The average molecular weight is 501 g/mol. The molecule has 2 rings (SSSR count). The number of rotatable bonds is 8. The predicted molar refractivity (Wildman–Crippen MR) is 91.7 cm³/mol. The topological polar surface area (TPSA) is 264 Å². The third-order valence-electron chi connectivity index (χ3n) is 3.40. The minimum absolute atomic E-state index is 0.411. The maximum Gasteiger partial charge on any atom is 0.490 e. The van der Waals surface area contributed by atoms with Crippen molar-refractivity contribution in [2.75, 3.05) is 6.56 Å². The number of nitrogens with zero attached hydrogens (tertiary/aromatic N) is 1. The molecule has 1 saturated heterocycles. The highest BCUT2D eigenvalue weighted by Crippen LogP contribution is 2.66. The van der Waals surface area contributed by atoms with Crippen LogP contribution in [0.1, 0.15) is 17.3 Å². The molecule has 4 unspecified atom stereocenters. The number of nitrogens with one attached hydrogen (secondary N) is 1. The number of hydrogen-bond donors (Lipinski definition) is 7. The summed E-state index contributed by atoms with van der Waals surface area (Å²) >= 11 is 0. The zero-order valence-corrected chi connectivity index (χ0v) is 17.1. The van der Waals surface area contributed by atoms with Crippen molar-refractivity contribution >= 4 is 23.5 Å². The van der Waals surface area contributed by atoms with E-state index in [-0.39, 0.29) is 0 Å². The zero-order valence-electron chi connectivity index (χ0n) is 17.5. The lowest BCUT2D eigenvalue weighted by atomic mass is 9.96. The van der Waals surface area contributed by atoms with E-state index in [0.29, 0.717) is 10.8 Å². The Morgan fingerprint density at radius 3 is 2.43 bits per heavy atom. The van der Waals surface area contributed by atoms with Crippen LogP contribution in [0.2, 0.25) is 0 Å². The number of aromatic amines is 1. The van der Waals surface area contributed by atoms with Crippen molar-refractivity contribution in [2.45, 2.75) is 31.0 Å². The first-order valence-corrected chi connectivity index (χ1v) is 11.8. The van der Waals surface area contributed by atoms with Crippen LogP contribution in [0, 0.1) is 0 Å². The third kappa shape index (κ3) is 6.24. The molecular formula is C10H17N2O15P3. The summed E-state index contributed by atoms with van der Waals surface area (Å²) in [5.74, 6) is 0. The number of ether oxygens (including phenoxy) is 1. The Bertz CT molecular complexity index is 1180. The second kappa shape index (κ2) is 8.48. The highest BCUT2D eigenvalue weighted by Gasteiger charge is 2.54. The molecule has 0 amide bonds. The van der Waals surface area contributed by atoms with E-state index in [4.69, 9.17) is 23.5 Å². The highest BCUT2D eigenvalue weighted by molar-refractivity contribution is 7.66. The fourth-order valence-corrected chi connectivity index (χ4v) is 5.09. The van der Waals surface area contributed by atoms with Crippen molar-refractivity contribution < 1.29 is 65.5 Å². The lowest BCUT2D eigenvalue weighted by Gasteiger charge is -2.27. The van der Waals surface area contributed by atoms with Gasteiger partial charge in [-0.1, -0.05) is 0 Å². The van der Waals surface area contributed by atoms with E-state index in [2.05, 4.69) is 13.1 Å². The molecule has 17 nitrogen and oxygen atoms in total. The molecule has 30 heavy (non-hydrogen) atoms. The van der Waals surface area contributed by atoms with Gasteiger partial charge in [0.1, 0.15) is 17.8 Å². The van der Waals surface area contributed by atoms with Crippen molar-refractivity contribution in [3.05, 3.63) is 33.1 Å². The van der Waals surface area contributed by atoms with Gasteiger partial charge < -0.3 is 34.5 Å². The molecule has 172 valence electrons. The lowest BCUT2D eigenvalue weighted by Crippen LogP contribution is -2.46. The maximum absolute atomic E-state index is 12.0. The van der Waals surface area contributed by atoms with Crippen molar-refractivity contribution in [3.63, 3.8) is 0 Å². The fourth-order valence-electron chi connectivity index (χ4n) is 2.22. The van der Waals surface area contributed by atoms with E-state index in [1.54, 1.807) is 4.98 Å². The number of phosphoric ester groups is 1. The van der Waals surface area contributed by atoms with E-state index in [1.165, 1.54) is 0 Å². The summed E-state index contributed by atoms with van der Waals surface area (Å²) in [5, 5.41) is 20.9. The molecule has 2 heterocycles. The van der Waals surface area contributed by atoms with Gasteiger partial charge in [-0.3, -0.25) is 18.9 Å². The molecule has 6 atom stereocenters. The summed E-state index contributed by atoms with van der Waals surface area (Å²) in [6.07, 6.45) is -6.16. The third-order valence-corrected chi connectivity index (χ3v) is 7.07. The first kappa shape index (κ1) is 20.8. The standard InChI is InChI=1S/C10H17N2O15P3/c1-10(16)7(14)5(25-8(10)12-3-2-6(13)11-9(12)15)4-24-29(20,21)27-30(22,23)26-28(17,18)19/h2-3,5,7-8,14,16H,4H2,1H3,(H,20,21)(H,22,23)(H,11,13,15)(H2,17,18,19)/t5?,7-,8?,10-/m1/s1/i2D,4D2. The molecule has 0 radical (unpaired) electrons. The Balaban J connectivity index is 2.34. The summed E-state index contributed by atoms with van der Waals surface area (Å²) in [5.41, 5.74) is -4.91. The van der Waals surface area contributed by atoms with Crippen molar-refractivity contribution in [3.8, 4) is 0 Å². The van der Waals surface area contributed by atoms with Gasteiger partial charge in [0.15, 0.2) is 6.23 Å². The van der Waals surface area contributed by atoms with E-state index >= 15 is 0 Å². The van der Waals surface area contributed by atoms with Crippen LogP contribution in [-0.2, 0) is 31.6 Å². The van der Waals surface area contributed by atoms with E-state index < -0.39 is 71.4 Å². The molecule has 0 spiro atoms. The Morgan fingerprint density at radius 2 is 1.87 bits per heavy atom. The monoisotopic (exact) mass is 501 g/mol. The van der Waals surface area contributed by atoms with Gasteiger partial charge in [-0.05, 0) is 6.92 Å². The molecular weight excluding hydrogens is 481 g/mol. The average Bonchev–Trinajstić information content (AvgIpc) is 2.77. The van der Waals surface area contributed by atoms with Crippen molar-refractivity contribution in [1.82, 2.24) is 9.55 Å². The number of phosphoric acid groups is 3. The Morgan fingerprint density at radius 1 is 1.27 bits per heavy atom. The molecule has 1 aromatic heterocycles. The Labute approximate surface area is 170 Å². The number of aromatic nitrogens is 2. The maximum atomic E-state index is 12.0. The minimum Gasteiger partial charge on any atom is -0.387 e. The number of aliphatic hydroxyl groups excluding tert-OH is 1. The van der Waals surface area contributed by atoms with Crippen molar-refractivity contribution in [2.24, 2.45) is 0 Å². The number of hydrogen-bond acceptors (Lipinski definition) is 11. The van der Waals surface area contributed by atoms with Gasteiger partial charge in [-0.25, -0.2) is 18.5 Å². The van der Waals surface area contributed by atoms with Crippen LogP contribution >= 0.6 is 23.5 Å². The van der Waals surface area contributed by atoms with Crippen LogP contribution in [0.5, 0.6) is 0 Å². The van der Waals surface area contributed by atoms with Crippen LogP contribution in [-0.4, -0.2) is 63.7 Å². The normalized spacial score (nSPS) is 33.2. The first-order valence-electron chi connectivity index (χ1n) is 8.80. The lowest BCUT2D eigenvalue weighted by molar-refractivity contribution is -0.0986. The molecule has 20 heteroatoms. The van der Waals surface area contributed by atoms with Gasteiger partial charge in [0.2, 0.25) is 0 Å². The highest BCUT2D eigenvalue weighted by atomic mass is 31.3. The van der Waals surface area contributed by atoms with Crippen LogP contribution < -0.4 is 11.2 Å². The Hall–Kier alpha value is -1.03. The van der Waals surface area contributed by atoms with Gasteiger partial charge in [0, 0.05) is 12.2 Å². The zero-order chi connectivity index (χ0) is 25.8. The minimum atomic E-state index is -6.03. The van der Waals surface area contributed by atoms with Gasteiger partial charge >= 0.3 is 29.2 Å². The SMILES string of the molecule is [2H]c1cn(C2OC(C([2H])([2H])OP(=O)(O)OP(=O)(O)OP(=O)(O)O)[C@@H](O)[C@@]2(C)O)c(=O)[nH]c1=O. The van der Waals surface area contributed by atoms with Gasteiger partial charge in [0.05, 0.1) is 10.7 Å². The van der Waals surface area contributed by atoms with Gasteiger partial charge in [0.25, 0.3) is 5.56 Å². The number of H-pyrrole nitrogens is 1. The quantitative estimate of drug-likeness (QED) is 0.188. The molecule has 1 aromatic rings. The Kier molecular flexibility index (Phi) is 5.90. The molecule has 0 bridgehead atoms.